The lowest BCUT2D eigenvalue weighted by Gasteiger charge is -2.34. The fraction of sp³-hybridized carbons (Fsp3) is 0.345. The van der Waals surface area contributed by atoms with Gasteiger partial charge in [-0.05, 0) is 49.4 Å². The van der Waals surface area contributed by atoms with E-state index in [9.17, 15) is 18.0 Å². The van der Waals surface area contributed by atoms with Crippen molar-refractivity contribution in [3.05, 3.63) is 71.2 Å². The molecule has 1 aliphatic rings. The van der Waals surface area contributed by atoms with Crippen molar-refractivity contribution in [1.29, 1.82) is 0 Å². The fourth-order valence-corrected chi connectivity index (χ4v) is 4.66. The molecule has 0 amide bonds. The van der Waals surface area contributed by atoms with Gasteiger partial charge in [0.2, 0.25) is 5.95 Å². The van der Waals surface area contributed by atoms with E-state index in [-0.39, 0.29) is 12.0 Å². The monoisotopic (exact) mass is 564 g/mol. The number of aromatic nitrogens is 4. The molecule has 1 aliphatic heterocycles. The van der Waals surface area contributed by atoms with E-state index in [0.29, 0.717) is 52.8 Å². The second-order valence-electron chi connectivity index (χ2n) is 10.5. The highest BCUT2D eigenvalue weighted by molar-refractivity contribution is 5.99. The van der Waals surface area contributed by atoms with Crippen molar-refractivity contribution < 1.29 is 18.0 Å². The lowest BCUT2D eigenvalue weighted by Crippen LogP contribution is -2.44. The zero-order chi connectivity index (χ0) is 29.3. The maximum Gasteiger partial charge on any atom is 0.416 e. The first kappa shape index (κ1) is 28.2. The highest BCUT2D eigenvalue weighted by atomic mass is 19.4. The van der Waals surface area contributed by atoms with Crippen molar-refractivity contribution in [2.45, 2.75) is 19.5 Å². The molecule has 0 spiro atoms. The minimum atomic E-state index is -4.56. The van der Waals surface area contributed by atoms with E-state index in [1.165, 1.54) is 6.33 Å². The molecule has 12 heteroatoms. The summed E-state index contributed by atoms with van der Waals surface area (Å²) in [5.74, 6) is 0.586. The number of likely N-dealkylation sites (N-methyl/N-ethyl adjacent to an activating group) is 1. The van der Waals surface area contributed by atoms with Crippen LogP contribution in [-0.2, 0) is 12.6 Å². The van der Waals surface area contributed by atoms with Crippen LogP contribution >= 0.6 is 0 Å². The van der Waals surface area contributed by atoms with Gasteiger partial charge in [-0.25, -0.2) is 19.9 Å². The summed E-state index contributed by atoms with van der Waals surface area (Å²) in [5, 5.41) is 3.29. The molecule has 4 aromatic rings. The van der Waals surface area contributed by atoms with E-state index in [1.54, 1.807) is 23.2 Å². The molecule has 0 radical (unpaired) electrons. The number of hydrogen-bond donors (Lipinski definition) is 1. The molecule has 1 saturated heterocycles. The van der Waals surface area contributed by atoms with Crippen LogP contribution in [0.4, 0.5) is 36.3 Å². The zero-order valence-electron chi connectivity index (χ0n) is 23.3. The summed E-state index contributed by atoms with van der Waals surface area (Å²) in [6.07, 6.45) is -1.58. The number of rotatable bonds is 7. The molecule has 214 valence electrons. The molecule has 0 aliphatic carbocycles. The number of alkyl halides is 3. The van der Waals surface area contributed by atoms with Gasteiger partial charge in [0.25, 0.3) is 0 Å². The summed E-state index contributed by atoms with van der Waals surface area (Å²) in [4.78, 5) is 36.6. The molecule has 0 unspecified atom stereocenters. The molecule has 2 aromatic heterocycles. The van der Waals surface area contributed by atoms with Gasteiger partial charge in [-0.1, -0.05) is 12.1 Å². The van der Waals surface area contributed by atoms with Crippen LogP contribution < -0.4 is 15.1 Å². The topological polar surface area (TPSA) is 90.4 Å². The first-order chi connectivity index (χ1) is 19.5. The van der Waals surface area contributed by atoms with E-state index in [1.807, 2.05) is 45.1 Å². The van der Waals surface area contributed by atoms with E-state index in [2.05, 4.69) is 30.2 Å². The van der Waals surface area contributed by atoms with Gasteiger partial charge in [-0.2, -0.15) is 13.2 Å². The van der Waals surface area contributed by atoms with Crippen LogP contribution in [0.3, 0.4) is 0 Å². The number of anilines is 4. The smallest absolute Gasteiger partial charge is 0.369 e. The maximum absolute atomic E-state index is 13.8. The summed E-state index contributed by atoms with van der Waals surface area (Å²) in [6.45, 7) is 4.58. The number of benzene rings is 2. The molecule has 0 saturated carbocycles. The molecule has 5 rings (SSSR count). The van der Waals surface area contributed by atoms with Gasteiger partial charge in [0.05, 0.1) is 11.8 Å². The predicted octanol–water partition coefficient (Wildman–Crippen LogP) is 4.73. The van der Waals surface area contributed by atoms with Gasteiger partial charge < -0.3 is 20.0 Å². The number of piperazine rings is 1. The Kier molecular flexibility index (Phi) is 7.76. The van der Waals surface area contributed by atoms with Crippen LogP contribution in [0.15, 0.2) is 48.9 Å². The normalized spacial score (nSPS) is 14.4. The van der Waals surface area contributed by atoms with E-state index >= 15 is 0 Å². The molecule has 1 N–H and O–H groups in total. The number of fused-ring (bicyclic) bond motifs is 1. The zero-order valence-corrected chi connectivity index (χ0v) is 23.3. The number of Topliss-reactive ketones (excluding diaryl/α,β-unsaturated/α-hetero) is 1. The van der Waals surface area contributed by atoms with Crippen molar-refractivity contribution in [3.8, 4) is 0 Å². The Labute approximate surface area is 236 Å². The second kappa shape index (κ2) is 11.3. The van der Waals surface area contributed by atoms with Crippen LogP contribution in [-0.4, -0.2) is 77.9 Å². The lowest BCUT2D eigenvalue weighted by atomic mass is 9.98. The highest BCUT2D eigenvalue weighted by Gasteiger charge is 2.32. The van der Waals surface area contributed by atoms with Gasteiger partial charge in [0.15, 0.2) is 11.6 Å². The molecule has 0 bridgehead atoms. The molecular formula is C29H31F3N8O. The van der Waals surface area contributed by atoms with Crippen LogP contribution in [0.25, 0.3) is 11.0 Å². The Morgan fingerprint density at radius 2 is 1.78 bits per heavy atom. The minimum absolute atomic E-state index is 0.0403. The number of ketones is 1. The third-order valence-corrected chi connectivity index (χ3v) is 7.12. The number of aryl methyl sites for hydroxylation is 1. The summed E-state index contributed by atoms with van der Waals surface area (Å²) in [7, 11) is 5.65. The van der Waals surface area contributed by atoms with Gasteiger partial charge in [0.1, 0.15) is 17.4 Å². The van der Waals surface area contributed by atoms with Crippen molar-refractivity contribution in [2.75, 3.05) is 62.4 Å². The third-order valence-electron chi connectivity index (χ3n) is 7.12. The Balaban J connectivity index is 1.42. The summed E-state index contributed by atoms with van der Waals surface area (Å²) in [6, 6.07) is 9.13. The average molecular weight is 565 g/mol. The maximum atomic E-state index is 13.8. The molecule has 2 aromatic carbocycles. The van der Waals surface area contributed by atoms with Gasteiger partial charge in [0, 0.05) is 63.6 Å². The first-order valence-corrected chi connectivity index (χ1v) is 13.2. The van der Waals surface area contributed by atoms with Crippen molar-refractivity contribution in [1.82, 2.24) is 24.8 Å². The summed E-state index contributed by atoms with van der Waals surface area (Å²) < 4.78 is 41.4. The molecule has 41 heavy (non-hydrogen) atoms. The van der Waals surface area contributed by atoms with Crippen LogP contribution in [0.2, 0.25) is 0 Å². The van der Waals surface area contributed by atoms with Crippen molar-refractivity contribution in [2.24, 2.45) is 0 Å². The van der Waals surface area contributed by atoms with E-state index in [4.69, 9.17) is 0 Å². The van der Waals surface area contributed by atoms with Crippen molar-refractivity contribution >= 4 is 40.0 Å². The molecule has 0 atom stereocenters. The third kappa shape index (κ3) is 6.37. The summed E-state index contributed by atoms with van der Waals surface area (Å²) >= 11 is 0. The average Bonchev–Trinajstić information content (AvgIpc) is 2.94. The number of hydrogen-bond acceptors (Lipinski definition) is 9. The van der Waals surface area contributed by atoms with Gasteiger partial charge in [-0.15, -0.1) is 0 Å². The second-order valence-corrected chi connectivity index (χ2v) is 10.5. The molecule has 9 nitrogen and oxygen atoms in total. The van der Waals surface area contributed by atoms with Gasteiger partial charge >= 0.3 is 6.18 Å². The number of nitrogens with one attached hydrogen (secondary N) is 1. The Hall–Kier alpha value is -4.32. The SMILES string of the molecule is Cc1ccc(CC(=O)c2cc(N3CCN(C)CC3)cc(C(F)(F)F)c2)cc1Nc1ncnc2cnc(N(C)C)nc12. The highest BCUT2D eigenvalue weighted by Crippen LogP contribution is 2.34. The Morgan fingerprint density at radius 3 is 2.49 bits per heavy atom. The number of carbonyl (C=O) groups is 1. The molecule has 1 fully saturated rings. The largest absolute Gasteiger partial charge is 0.416 e. The molecular weight excluding hydrogens is 533 g/mol. The van der Waals surface area contributed by atoms with E-state index < -0.39 is 17.5 Å². The van der Waals surface area contributed by atoms with Crippen molar-refractivity contribution in [3.63, 3.8) is 0 Å². The van der Waals surface area contributed by atoms with Crippen LogP contribution in [0.1, 0.15) is 27.0 Å². The predicted molar refractivity (Wildman–Crippen MR) is 153 cm³/mol. The number of nitrogens with zero attached hydrogens (tertiary/aromatic N) is 7. The van der Waals surface area contributed by atoms with Gasteiger partial charge in [-0.3, -0.25) is 4.79 Å². The Bertz CT molecular complexity index is 1580. The number of carbonyl (C=O) groups excluding carboxylic acids is 1. The Morgan fingerprint density at radius 1 is 1.02 bits per heavy atom. The summed E-state index contributed by atoms with van der Waals surface area (Å²) in [5.41, 5.74) is 2.98. The van der Waals surface area contributed by atoms with Crippen LogP contribution in [0.5, 0.6) is 0 Å². The quantitative estimate of drug-likeness (QED) is 0.320. The standard InChI is InChI=1S/C29H31F3N8O/c1-18-5-6-19(11-23(18)36-27-26-24(34-17-35-27)16-33-28(37-26)38(2)3)12-25(41)20-13-21(29(30,31)32)15-22(14-20)40-9-7-39(4)8-10-40/h5-6,11,13-17H,7-10,12H2,1-4H3,(H,34,35,36). The number of halogens is 3. The van der Waals surface area contributed by atoms with Crippen LogP contribution in [0, 0.1) is 6.92 Å². The minimum Gasteiger partial charge on any atom is -0.369 e. The lowest BCUT2D eigenvalue weighted by molar-refractivity contribution is -0.137. The molecule has 3 heterocycles. The first-order valence-electron chi connectivity index (χ1n) is 13.2. The van der Waals surface area contributed by atoms with E-state index in [0.717, 1.165) is 30.8 Å². The fourth-order valence-electron chi connectivity index (χ4n) is 4.66.